The van der Waals surface area contributed by atoms with E-state index < -0.39 is 0 Å². The topological polar surface area (TPSA) is 57.5 Å². The number of halogens is 2. The second kappa shape index (κ2) is 8.85. The summed E-state index contributed by atoms with van der Waals surface area (Å²) in [4.78, 5) is 14.8. The van der Waals surface area contributed by atoms with Crippen molar-refractivity contribution in [3.8, 4) is 0 Å². The molecule has 1 aromatic carbocycles. The zero-order valence-corrected chi connectivity index (χ0v) is 16.1. The number of hydrogen-bond donors (Lipinski definition) is 2. The van der Waals surface area contributed by atoms with Crippen LogP contribution in [0.4, 0.5) is 0 Å². The minimum atomic E-state index is -0.130. The fourth-order valence-corrected chi connectivity index (χ4v) is 3.29. The molecule has 0 bridgehead atoms. The maximum absolute atomic E-state index is 12.3. The van der Waals surface area contributed by atoms with Crippen molar-refractivity contribution >= 4 is 45.2 Å². The number of piperazine rings is 1. The van der Waals surface area contributed by atoms with Crippen molar-refractivity contribution < 1.29 is 9.21 Å². The molecule has 1 amide bonds. The Hall–Kier alpha value is -1.08. The lowest BCUT2D eigenvalue weighted by Crippen LogP contribution is -2.44. The molecular formula is C17H23BrClN3O2. The van der Waals surface area contributed by atoms with Gasteiger partial charge in [0.25, 0.3) is 5.91 Å². The molecule has 0 atom stereocenters. The first-order valence-electron chi connectivity index (χ1n) is 8.05. The average molecular weight is 417 g/mol. The monoisotopic (exact) mass is 415 g/mol. The van der Waals surface area contributed by atoms with Crippen LogP contribution in [0.25, 0.3) is 11.0 Å². The molecule has 24 heavy (non-hydrogen) atoms. The van der Waals surface area contributed by atoms with E-state index in [0.29, 0.717) is 12.3 Å². The smallest absolute Gasteiger partial charge is 0.287 e. The normalized spacial score (nSPS) is 15.2. The maximum atomic E-state index is 12.3. The van der Waals surface area contributed by atoms with Crippen molar-refractivity contribution in [3.63, 3.8) is 0 Å². The number of hydrogen-bond acceptors (Lipinski definition) is 4. The summed E-state index contributed by atoms with van der Waals surface area (Å²) in [6, 6.07) is 5.78. The van der Waals surface area contributed by atoms with Crippen LogP contribution in [0.15, 0.2) is 27.1 Å². The third kappa shape index (κ3) is 4.51. The van der Waals surface area contributed by atoms with Crippen molar-refractivity contribution in [3.05, 3.63) is 34.0 Å². The van der Waals surface area contributed by atoms with Crippen molar-refractivity contribution in [1.29, 1.82) is 0 Å². The van der Waals surface area contributed by atoms with Crippen LogP contribution >= 0.6 is 28.3 Å². The Kier molecular flexibility index (Phi) is 7.10. The molecule has 2 N–H and O–H groups in total. The molecule has 2 aromatic rings. The summed E-state index contributed by atoms with van der Waals surface area (Å²) in [6.07, 6.45) is 0.955. The van der Waals surface area contributed by atoms with Gasteiger partial charge in [0, 0.05) is 48.1 Å². The summed E-state index contributed by atoms with van der Waals surface area (Å²) in [5.41, 5.74) is 1.64. The van der Waals surface area contributed by atoms with Crippen LogP contribution in [0.3, 0.4) is 0 Å². The molecule has 1 aliphatic rings. The van der Waals surface area contributed by atoms with E-state index in [0.717, 1.165) is 60.2 Å². The van der Waals surface area contributed by atoms with E-state index in [1.807, 2.05) is 25.1 Å². The number of carbonyl (C=O) groups excluding carboxylic acids is 1. The highest BCUT2D eigenvalue weighted by Gasteiger charge is 2.17. The number of nitrogens with zero attached hydrogens (tertiary/aromatic N) is 1. The van der Waals surface area contributed by atoms with Gasteiger partial charge < -0.3 is 20.0 Å². The fraction of sp³-hybridized carbons (Fsp3) is 0.471. The Balaban J connectivity index is 0.00000208. The molecule has 0 aliphatic carbocycles. The van der Waals surface area contributed by atoms with Gasteiger partial charge in [0.1, 0.15) is 5.58 Å². The number of carbonyl (C=O) groups is 1. The highest BCUT2D eigenvalue weighted by Crippen LogP contribution is 2.27. The van der Waals surface area contributed by atoms with E-state index in [4.69, 9.17) is 4.42 Å². The second-order valence-corrected chi connectivity index (χ2v) is 6.81. The fourth-order valence-electron chi connectivity index (χ4n) is 2.93. The predicted molar refractivity (Wildman–Crippen MR) is 102 cm³/mol. The van der Waals surface area contributed by atoms with Gasteiger partial charge in [-0.3, -0.25) is 4.79 Å². The molecule has 3 rings (SSSR count). The lowest BCUT2D eigenvalue weighted by molar-refractivity contribution is 0.0925. The van der Waals surface area contributed by atoms with Crippen molar-refractivity contribution in [2.75, 3.05) is 39.3 Å². The van der Waals surface area contributed by atoms with Crippen LogP contribution in [-0.4, -0.2) is 50.1 Å². The van der Waals surface area contributed by atoms with Gasteiger partial charge in [-0.2, -0.15) is 0 Å². The molecule has 132 valence electrons. The standard InChI is InChI=1S/C17H22BrN3O2.ClH/c1-12-14-11-13(18)3-4-15(14)23-16(12)17(22)20-5-2-8-21-9-6-19-7-10-21;/h3-4,11,19H,2,5-10H2,1H3,(H,20,22);1H. The molecule has 0 unspecified atom stereocenters. The Morgan fingerprint density at radius 1 is 1.38 bits per heavy atom. The maximum Gasteiger partial charge on any atom is 0.287 e. The zero-order chi connectivity index (χ0) is 16.2. The minimum absolute atomic E-state index is 0. The molecular weight excluding hydrogens is 394 g/mol. The van der Waals surface area contributed by atoms with E-state index in [-0.39, 0.29) is 18.3 Å². The first kappa shape index (κ1) is 19.2. The third-order valence-electron chi connectivity index (χ3n) is 4.25. The lowest BCUT2D eigenvalue weighted by atomic mass is 10.1. The highest BCUT2D eigenvalue weighted by atomic mass is 79.9. The van der Waals surface area contributed by atoms with E-state index >= 15 is 0 Å². The number of fused-ring (bicyclic) bond motifs is 1. The Bertz CT molecular complexity index is 698. The van der Waals surface area contributed by atoms with Gasteiger partial charge in [0.05, 0.1) is 0 Å². The summed E-state index contributed by atoms with van der Waals surface area (Å²) in [5.74, 6) is 0.287. The van der Waals surface area contributed by atoms with Crippen LogP contribution in [0.2, 0.25) is 0 Å². The Morgan fingerprint density at radius 3 is 2.88 bits per heavy atom. The van der Waals surface area contributed by atoms with Crippen molar-refractivity contribution in [1.82, 2.24) is 15.5 Å². The van der Waals surface area contributed by atoms with Gasteiger partial charge in [-0.25, -0.2) is 0 Å². The summed E-state index contributed by atoms with van der Waals surface area (Å²) in [5, 5.41) is 7.29. The number of rotatable bonds is 5. The second-order valence-electron chi connectivity index (χ2n) is 5.90. The largest absolute Gasteiger partial charge is 0.451 e. The van der Waals surface area contributed by atoms with Crippen LogP contribution < -0.4 is 10.6 Å². The van der Waals surface area contributed by atoms with Gasteiger partial charge in [-0.1, -0.05) is 15.9 Å². The average Bonchev–Trinajstić information content (AvgIpc) is 2.89. The number of benzene rings is 1. The lowest BCUT2D eigenvalue weighted by Gasteiger charge is -2.26. The third-order valence-corrected chi connectivity index (χ3v) is 4.74. The Morgan fingerprint density at radius 2 is 2.12 bits per heavy atom. The predicted octanol–water partition coefficient (Wildman–Crippen LogP) is 2.95. The van der Waals surface area contributed by atoms with Crippen molar-refractivity contribution in [2.45, 2.75) is 13.3 Å². The number of amides is 1. The summed E-state index contributed by atoms with van der Waals surface area (Å²) in [7, 11) is 0. The molecule has 1 aromatic heterocycles. The zero-order valence-electron chi connectivity index (χ0n) is 13.7. The molecule has 0 spiro atoms. The molecule has 0 saturated carbocycles. The first-order chi connectivity index (χ1) is 11.1. The molecule has 1 saturated heterocycles. The number of nitrogens with one attached hydrogen (secondary N) is 2. The summed E-state index contributed by atoms with van der Waals surface area (Å²) in [6.45, 7) is 7.90. The van der Waals surface area contributed by atoms with Gasteiger partial charge >= 0.3 is 0 Å². The van der Waals surface area contributed by atoms with Gasteiger partial charge in [0.2, 0.25) is 0 Å². The van der Waals surface area contributed by atoms with E-state index in [1.54, 1.807) is 0 Å². The molecule has 0 radical (unpaired) electrons. The van der Waals surface area contributed by atoms with E-state index in [1.165, 1.54) is 0 Å². The molecule has 7 heteroatoms. The van der Waals surface area contributed by atoms with Gasteiger partial charge in [-0.05, 0) is 38.1 Å². The molecule has 1 aliphatic heterocycles. The molecule has 5 nitrogen and oxygen atoms in total. The van der Waals surface area contributed by atoms with E-state index in [2.05, 4.69) is 31.5 Å². The highest BCUT2D eigenvalue weighted by molar-refractivity contribution is 9.10. The van der Waals surface area contributed by atoms with E-state index in [9.17, 15) is 4.79 Å². The van der Waals surface area contributed by atoms with Gasteiger partial charge in [-0.15, -0.1) is 12.4 Å². The quantitative estimate of drug-likeness (QED) is 0.736. The number of furan rings is 1. The SMILES string of the molecule is Cc1c(C(=O)NCCCN2CCNCC2)oc2ccc(Br)cc12.Cl. The minimum Gasteiger partial charge on any atom is -0.451 e. The van der Waals surface area contributed by atoms with Crippen LogP contribution in [0.1, 0.15) is 22.5 Å². The van der Waals surface area contributed by atoms with Crippen LogP contribution in [-0.2, 0) is 0 Å². The molecule has 1 fully saturated rings. The summed E-state index contributed by atoms with van der Waals surface area (Å²) < 4.78 is 6.69. The Labute approximate surface area is 156 Å². The van der Waals surface area contributed by atoms with Crippen molar-refractivity contribution in [2.24, 2.45) is 0 Å². The molecule has 2 heterocycles. The van der Waals surface area contributed by atoms with Crippen LogP contribution in [0, 0.1) is 6.92 Å². The first-order valence-corrected chi connectivity index (χ1v) is 8.84. The van der Waals surface area contributed by atoms with Gasteiger partial charge in [0.15, 0.2) is 5.76 Å². The van der Waals surface area contributed by atoms with Crippen LogP contribution in [0.5, 0.6) is 0 Å². The summed E-state index contributed by atoms with van der Waals surface area (Å²) >= 11 is 3.45. The number of aryl methyl sites for hydroxylation is 1.